The van der Waals surface area contributed by atoms with Crippen molar-refractivity contribution in [1.29, 1.82) is 0 Å². The van der Waals surface area contributed by atoms with Crippen LogP contribution in [0.2, 0.25) is 0 Å². The number of carbonyl (C=O) groups is 2. The summed E-state index contributed by atoms with van der Waals surface area (Å²) in [6, 6.07) is 9.04. The van der Waals surface area contributed by atoms with Gasteiger partial charge in [-0.2, -0.15) is 0 Å². The summed E-state index contributed by atoms with van der Waals surface area (Å²) < 4.78 is 39.3. The normalized spacial score (nSPS) is 23.5. The smallest absolute Gasteiger partial charge is 0.340 e. The van der Waals surface area contributed by atoms with E-state index in [1.807, 2.05) is 0 Å². The molecule has 4 nitrogen and oxygen atoms in total. The van der Waals surface area contributed by atoms with Crippen LogP contribution in [0.5, 0.6) is 0 Å². The largest absolute Gasteiger partial charge is 0.460 e. The lowest BCUT2D eigenvalue weighted by molar-refractivity contribution is -0.158. The maximum atomic E-state index is 14.2. The van der Waals surface area contributed by atoms with Crippen LogP contribution in [0.15, 0.2) is 24.3 Å². The molecule has 6 heteroatoms. The van der Waals surface area contributed by atoms with Crippen LogP contribution in [0.1, 0.15) is 153 Å². The van der Waals surface area contributed by atoms with E-state index in [4.69, 9.17) is 9.47 Å². The first-order chi connectivity index (χ1) is 21.4. The van der Waals surface area contributed by atoms with Crippen LogP contribution in [0.4, 0.5) is 8.78 Å². The number of esters is 2. The Morgan fingerprint density at radius 2 is 0.977 bits per heavy atom. The maximum Gasteiger partial charge on any atom is 0.340 e. The first-order valence-electron chi connectivity index (χ1n) is 18.1. The second kappa shape index (κ2) is 20.9. The van der Waals surface area contributed by atoms with Crippen molar-refractivity contribution >= 4 is 11.9 Å². The molecular formula is C38H60F2O4. The minimum Gasteiger partial charge on any atom is -0.460 e. The van der Waals surface area contributed by atoms with E-state index >= 15 is 0 Å². The number of unbranched alkanes of at least 4 members (excludes halogenated alkanes) is 6. The predicted octanol–water partition coefficient (Wildman–Crippen LogP) is 10.4. The fraction of sp³-hybridized carbons (Fsp3) is 0.789. The third-order valence-corrected chi connectivity index (χ3v) is 9.99. The number of hydrogen-bond donors (Lipinski definition) is 0. The van der Waals surface area contributed by atoms with Crippen LogP contribution in [0.3, 0.4) is 0 Å². The summed E-state index contributed by atoms with van der Waals surface area (Å²) in [6.45, 7) is 4.24. The Hall–Kier alpha value is -1.98. The summed E-state index contributed by atoms with van der Waals surface area (Å²) in [4.78, 5) is 24.2. The van der Waals surface area contributed by atoms with Crippen LogP contribution >= 0.6 is 0 Å². The highest BCUT2D eigenvalue weighted by Gasteiger charge is 2.28. The first-order valence-corrected chi connectivity index (χ1v) is 18.1. The average Bonchev–Trinajstić information content (AvgIpc) is 3.04. The number of alkyl halides is 2. The Morgan fingerprint density at radius 3 is 1.32 bits per heavy atom. The molecule has 44 heavy (non-hydrogen) atoms. The Labute approximate surface area is 266 Å². The van der Waals surface area contributed by atoms with Crippen molar-refractivity contribution in [3.8, 4) is 0 Å². The molecule has 2 saturated carbocycles. The molecule has 250 valence electrons. The number of carbonyl (C=O) groups excluding carboxylic acids is 2. The van der Waals surface area contributed by atoms with Gasteiger partial charge in [0.1, 0.15) is 12.2 Å². The van der Waals surface area contributed by atoms with Crippen molar-refractivity contribution in [2.45, 2.75) is 180 Å². The van der Waals surface area contributed by atoms with Crippen LogP contribution < -0.4 is 0 Å². The zero-order valence-electron chi connectivity index (χ0n) is 27.7. The molecule has 2 unspecified atom stereocenters. The minimum absolute atomic E-state index is 0.121. The lowest BCUT2D eigenvalue weighted by atomic mass is 9.83. The van der Waals surface area contributed by atoms with Crippen LogP contribution in [0, 0.1) is 11.8 Å². The monoisotopic (exact) mass is 618 g/mol. The van der Waals surface area contributed by atoms with Gasteiger partial charge >= 0.3 is 11.9 Å². The number of benzene rings is 1. The number of rotatable bonds is 20. The van der Waals surface area contributed by atoms with Crippen molar-refractivity contribution in [1.82, 2.24) is 0 Å². The molecule has 0 heterocycles. The summed E-state index contributed by atoms with van der Waals surface area (Å²) in [5.74, 6) is -0.0386. The van der Waals surface area contributed by atoms with Gasteiger partial charge in [0.05, 0.1) is 0 Å². The van der Waals surface area contributed by atoms with Gasteiger partial charge in [-0.15, -0.1) is 0 Å². The third kappa shape index (κ3) is 14.0. The predicted molar refractivity (Wildman–Crippen MR) is 174 cm³/mol. The van der Waals surface area contributed by atoms with Gasteiger partial charge in [0.25, 0.3) is 0 Å². The molecule has 0 radical (unpaired) electrons. The molecule has 3 rings (SSSR count). The fourth-order valence-corrected chi connectivity index (χ4v) is 6.90. The molecule has 0 amide bonds. The molecule has 2 aliphatic carbocycles. The number of halogens is 2. The van der Waals surface area contributed by atoms with Gasteiger partial charge in [0, 0.05) is 0 Å². The van der Waals surface area contributed by atoms with E-state index in [1.54, 1.807) is 0 Å². The van der Waals surface area contributed by atoms with Gasteiger partial charge in [0.2, 0.25) is 0 Å². The van der Waals surface area contributed by atoms with Gasteiger partial charge in [-0.1, -0.05) is 76.6 Å². The van der Waals surface area contributed by atoms with Gasteiger partial charge in [-0.25, -0.2) is 18.4 Å². The average molecular weight is 619 g/mol. The van der Waals surface area contributed by atoms with Crippen molar-refractivity contribution in [2.24, 2.45) is 11.8 Å². The van der Waals surface area contributed by atoms with Crippen LogP contribution in [0.25, 0.3) is 0 Å². The van der Waals surface area contributed by atoms with E-state index < -0.39 is 24.3 Å². The fourth-order valence-electron chi connectivity index (χ4n) is 6.90. The van der Waals surface area contributed by atoms with E-state index in [2.05, 4.69) is 38.1 Å². The van der Waals surface area contributed by atoms with Crippen molar-refractivity contribution in [3.63, 3.8) is 0 Å². The summed E-state index contributed by atoms with van der Waals surface area (Å²) in [5.41, 5.74) is 2.73. The number of ether oxygens (including phenoxy) is 2. The molecule has 0 spiro atoms. The number of aryl methyl sites for hydroxylation is 2. The lowest BCUT2D eigenvalue weighted by Gasteiger charge is -2.29. The summed E-state index contributed by atoms with van der Waals surface area (Å²) >= 11 is 0. The molecule has 0 aliphatic heterocycles. The zero-order chi connectivity index (χ0) is 31.6. The van der Waals surface area contributed by atoms with Gasteiger partial charge in [-0.05, 0) is 126 Å². The van der Waals surface area contributed by atoms with Crippen LogP contribution in [-0.4, -0.2) is 36.5 Å². The molecule has 0 saturated heterocycles. The molecule has 1 aromatic carbocycles. The molecular weight excluding hydrogens is 558 g/mol. The molecule has 0 N–H and O–H groups in total. The van der Waals surface area contributed by atoms with Crippen LogP contribution in [-0.2, 0) is 31.9 Å². The zero-order valence-corrected chi connectivity index (χ0v) is 27.7. The topological polar surface area (TPSA) is 52.6 Å². The highest BCUT2D eigenvalue weighted by Crippen LogP contribution is 2.32. The second-order valence-electron chi connectivity index (χ2n) is 13.7. The third-order valence-electron chi connectivity index (χ3n) is 9.99. The highest BCUT2D eigenvalue weighted by atomic mass is 19.1. The standard InChI is InChI=1S/C38H60F2O4/c1-3-5-7-9-11-35(39)37(41)43-33-25-21-31(22-26-33)19-17-29-13-15-30(16-14-29)18-20-32-23-27-34(28-24-32)44-38(42)36(40)12-10-8-6-4-2/h13-16,31-36H,3-12,17-28H2,1-2H3. The summed E-state index contributed by atoms with van der Waals surface area (Å²) in [6.07, 6.45) is 17.2. The Kier molecular flexibility index (Phi) is 17.4. The molecule has 0 bridgehead atoms. The molecule has 2 aliphatic rings. The van der Waals surface area contributed by atoms with Gasteiger partial charge < -0.3 is 9.47 Å². The minimum atomic E-state index is -1.47. The first kappa shape index (κ1) is 36.5. The van der Waals surface area contributed by atoms with Gasteiger partial charge in [-0.3, -0.25) is 0 Å². The van der Waals surface area contributed by atoms with E-state index in [-0.39, 0.29) is 25.0 Å². The van der Waals surface area contributed by atoms with E-state index in [0.29, 0.717) is 11.8 Å². The van der Waals surface area contributed by atoms with Crippen molar-refractivity contribution in [2.75, 3.05) is 0 Å². The Bertz CT molecular complexity index is 844. The molecule has 2 atom stereocenters. The Morgan fingerprint density at radius 1 is 0.614 bits per heavy atom. The summed E-state index contributed by atoms with van der Waals surface area (Å²) in [7, 11) is 0. The highest BCUT2D eigenvalue weighted by molar-refractivity contribution is 5.75. The van der Waals surface area contributed by atoms with Gasteiger partial charge in [0.15, 0.2) is 12.3 Å². The van der Waals surface area contributed by atoms with E-state index in [9.17, 15) is 18.4 Å². The molecule has 0 aromatic heterocycles. The quantitative estimate of drug-likeness (QED) is 0.108. The van der Waals surface area contributed by atoms with E-state index in [0.717, 1.165) is 128 Å². The summed E-state index contributed by atoms with van der Waals surface area (Å²) in [5, 5.41) is 0. The molecule has 2 fully saturated rings. The van der Waals surface area contributed by atoms with Crippen molar-refractivity contribution in [3.05, 3.63) is 35.4 Å². The molecule has 1 aromatic rings. The lowest BCUT2D eigenvalue weighted by Crippen LogP contribution is -2.29. The number of hydrogen-bond acceptors (Lipinski definition) is 4. The van der Waals surface area contributed by atoms with Crippen molar-refractivity contribution < 1.29 is 27.8 Å². The Balaban J connectivity index is 1.24. The van der Waals surface area contributed by atoms with E-state index in [1.165, 1.54) is 11.1 Å². The SMILES string of the molecule is CCCCCCC(F)C(=O)OC1CCC(CCc2ccc(CCC3CCC(OC(=O)C(F)CCCCCC)CC3)cc2)CC1. The maximum absolute atomic E-state index is 14.2. The second-order valence-corrected chi connectivity index (χ2v) is 13.7.